The van der Waals surface area contributed by atoms with E-state index in [0.29, 0.717) is 24.2 Å². The van der Waals surface area contributed by atoms with Gasteiger partial charge in [-0.25, -0.2) is 9.97 Å². The topological polar surface area (TPSA) is 114 Å². The van der Waals surface area contributed by atoms with Crippen LogP contribution in [0.15, 0.2) is 24.5 Å². The van der Waals surface area contributed by atoms with Gasteiger partial charge in [0.05, 0.1) is 31.6 Å². The predicted octanol–water partition coefficient (Wildman–Crippen LogP) is 0.686. The molecule has 3 rings (SSSR count). The van der Waals surface area contributed by atoms with Gasteiger partial charge in [0.2, 0.25) is 5.88 Å². The van der Waals surface area contributed by atoms with E-state index in [0.717, 1.165) is 17.5 Å². The first-order chi connectivity index (χ1) is 13.0. The molecule has 0 saturated heterocycles. The van der Waals surface area contributed by atoms with Gasteiger partial charge in [0.1, 0.15) is 11.4 Å². The van der Waals surface area contributed by atoms with Crippen LogP contribution in [0.2, 0.25) is 0 Å². The van der Waals surface area contributed by atoms with Gasteiger partial charge in [-0.2, -0.15) is 0 Å². The van der Waals surface area contributed by atoms with Gasteiger partial charge in [-0.3, -0.25) is 4.79 Å². The van der Waals surface area contributed by atoms with E-state index < -0.39 is 13.0 Å². The number of rotatable bonds is 7. The Morgan fingerprint density at radius 3 is 2.89 bits per heavy atom. The second-order valence-electron chi connectivity index (χ2n) is 6.41. The Kier molecular flexibility index (Phi) is 6.05. The maximum absolute atomic E-state index is 12.2. The molecular formula is C18H22BN3O5. The molecule has 1 aromatic carbocycles. The number of amides is 1. The quantitative estimate of drug-likeness (QED) is 0.614. The fourth-order valence-corrected chi connectivity index (χ4v) is 3.01. The minimum absolute atomic E-state index is 0.124. The zero-order valence-electron chi connectivity index (χ0n) is 15.3. The third-order valence-corrected chi connectivity index (χ3v) is 4.47. The molecule has 0 spiro atoms. The SMILES string of the molecule is CCC[C@H](CO)NC(=O)c1cnc(Oc2ccc3c(c2C)B(O)OC3)cn1. The van der Waals surface area contributed by atoms with Gasteiger partial charge in [-0.15, -0.1) is 0 Å². The Labute approximate surface area is 157 Å². The van der Waals surface area contributed by atoms with Gasteiger partial charge in [-0.05, 0) is 36.0 Å². The summed E-state index contributed by atoms with van der Waals surface area (Å²) in [5, 5.41) is 21.9. The van der Waals surface area contributed by atoms with Gasteiger partial charge < -0.3 is 24.8 Å². The molecule has 0 aliphatic carbocycles. The van der Waals surface area contributed by atoms with Crippen molar-refractivity contribution >= 4 is 18.5 Å². The lowest BCUT2D eigenvalue weighted by Crippen LogP contribution is -2.37. The van der Waals surface area contributed by atoms with Crippen LogP contribution in [0.3, 0.4) is 0 Å². The summed E-state index contributed by atoms with van der Waals surface area (Å²) in [5.41, 5.74) is 2.55. The van der Waals surface area contributed by atoms with Gasteiger partial charge in [-0.1, -0.05) is 19.4 Å². The number of nitrogens with zero attached hydrogens (tertiary/aromatic N) is 2. The van der Waals surface area contributed by atoms with E-state index in [1.54, 1.807) is 6.07 Å². The maximum atomic E-state index is 12.2. The first-order valence-electron chi connectivity index (χ1n) is 8.87. The molecule has 1 atom stereocenters. The largest absolute Gasteiger partial charge is 0.492 e. The number of ether oxygens (including phenoxy) is 1. The number of carbonyl (C=O) groups is 1. The van der Waals surface area contributed by atoms with Crippen LogP contribution in [0.4, 0.5) is 0 Å². The summed E-state index contributed by atoms with van der Waals surface area (Å²) in [6.07, 6.45) is 4.22. The summed E-state index contributed by atoms with van der Waals surface area (Å²) < 4.78 is 11.0. The number of carbonyl (C=O) groups excluding carboxylic acids is 1. The highest BCUT2D eigenvalue weighted by Gasteiger charge is 2.30. The van der Waals surface area contributed by atoms with Crippen molar-refractivity contribution in [1.82, 2.24) is 15.3 Å². The number of aliphatic hydroxyl groups is 1. The van der Waals surface area contributed by atoms with Crippen molar-refractivity contribution in [2.24, 2.45) is 0 Å². The predicted molar refractivity (Wildman–Crippen MR) is 98.9 cm³/mol. The fourth-order valence-electron chi connectivity index (χ4n) is 3.01. The van der Waals surface area contributed by atoms with Gasteiger partial charge in [0.25, 0.3) is 5.91 Å². The Morgan fingerprint density at radius 2 is 2.22 bits per heavy atom. The molecule has 3 N–H and O–H groups in total. The number of hydrogen-bond donors (Lipinski definition) is 3. The van der Waals surface area contributed by atoms with Crippen molar-refractivity contribution in [2.45, 2.75) is 39.3 Å². The molecule has 9 heteroatoms. The molecule has 1 aliphatic rings. The van der Waals surface area contributed by atoms with Crippen LogP contribution < -0.4 is 15.5 Å². The highest BCUT2D eigenvalue weighted by atomic mass is 16.5. The van der Waals surface area contributed by atoms with E-state index in [1.807, 2.05) is 19.9 Å². The van der Waals surface area contributed by atoms with Crippen molar-refractivity contribution < 1.29 is 24.3 Å². The molecule has 27 heavy (non-hydrogen) atoms. The minimum Gasteiger partial charge on any atom is -0.437 e. The molecule has 1 aromatic heterocycles. The van der Waals surface area contributed by atoms with Crippen LogP contribution in [0.5, 0.6) is 11.6 Å². The Bertz CT molecular complexity index is 815. The highest BCUT2D eigenvalue weighted by Crippen LogP contribution is 2.25. The number of hydrogen-bond acceptors (Lipinski definition) is 7. The van der Waals surface area contributed by atoms with Gasteiger partial charge in [0, 0.05) is 0 Å². The molecular weight excluding hydrogens is 349 g/mol. The summed E-state index contributed by atoms with van der Waals surface area (Å²) in [6.45, 7) is 4.06. The van der Waals surface area contributed by atoms with Crippen molar-refractivity contribution in [2.75, 3.05) is 6.61 Å². The summed E-state index contributed by atoms with van der Waals surface area (Å²) in [5.74, 6) is 0.374. The molecule has 0 unspecified atom stereocenters. The number of fused-ring (bicyclic) bond motifs is 1. The Morgan fingerprint density at radius 1 is 1.41 bits per heavy atom. The second kappa shape index (κ2) is 8.47. The molecule has 8 nitrogen and oxygen atoms in total. The second-order valence-corrected chi connectivity index (χ2v) is 6.41. The summed E-state index contributed by atoms with van der Waals surface area (Å²) in [4.78, 5) is 20.4. The summed E-state index contributed by atoms with van der Waals surface area (Å²) in [7, 11) is -0.955. The first kappa shape index (κ1) is 19.3. The van der Waals surface area contributed by atoms with E-state index >= 15 is 0 Å². The van der Waals surface area contributed by atoms with Crippen LogP contribution in [0.1, 0.15) is 41.4 Å². The zero-order chi connectivity index (χ0) is 19.4. The maximum Gasteiger partial charge on any atom is 0.492 e. The van der Waals surface area contributed by atoms with Crippen LogP contribution in [-0.2, 0) is 11.3 Å². The van der Waals surface area contributed by atoms with Crippen LogP contribution in [0.25, 0.3) is 0 Å². The number of aromatic nitrogens is 2. The van der Waals surface area contributed by atoms with Crippen molar-refractivity contribution in [3.63, 3.8) is 0 Å². The standard InChI is InChI=1S/C18H22BN3O5/c1-3-4-13(9-23)22-18(24)14-7-21-16(8-20-14)27-15-6-5-12-10-26-19(25)17(12)11(15)2/h5-8,13,23,25H,3-4,9-10H2,1-2H3,(H,22,24)/t13-/m1/s1. The number of nitrogens with one attached hydrogen (secondary N) is 1. The molecule has 1 amide bonds. The molecule has 0 saturated carbocycles. The number of benzene rings is 1. The third kappa shape index (κ3) is 4.27. The Balaban J connectivity index is 1.70. The summed E-state index contributed by atoms with van der Waals surface area (Å²) >= 11 is 0. The molecule has 142 valence electrons. The Hall–Kier alpha value is -2.49. The molecule has 0 bridgehead atoms. The van der Waals surface area contributed by atoms with Gasteiger partial charge >= 0.3 is 7.12 Å². The average molecular weight is 371 g/mol. The van der Waals surface area contributed by atoms with E-state index in [4.69, 9.17) is 9.39 Å². The lowest BCUT2D eigenvalue weighted by atomic mass is 9.76. The first-order valence-corrected chi connectivity index (χ1v) is 8.87. The molecule has 0 radical (unpaired) electrons. The lowest BCUT2D eigenvalue weighted by molar-refractivity contribution is 0.0907. The smallest absolute Gasteiger partial charge is 0.437 e. The fraction of sp³-hybridized carbons (Fsp3) is 0.389. The van der Waals surface area contributed by atoms with Crippen LogP contribution >= 0.6 is 0 Å². The lowest BCUT2D eigenvalue weighted by Gasteiger charge is -2.15. The molecule has 2 heterocycles. The number of aliphatic hydroxyl groups excluding tert-OH is 1. The summed E-state index contributed by atoms with van der Waals surface area (Å²) in [6, 6.07) is 3.32. The van der Waals surface area contributed by atoms with Crippen molar-refractivity contribution in [3.05, 3.63) is 41.3 Å². The minimum atomic E-state index is -0.955. The zero-order valence-corrected chi connectivity index (χ0v) is 15.3. The average Bonchev–Trinajstić information content (AvgIpc) is 3.05. The van der Waals surface area contributed by atoms with E-state index in [2.05, 4.69) is 15.3 Å². The van der Waals surface area contributed by atoms with E-state index in [1.165, 1.54) is 12.4 Å². The van der Waals surface area contributed by atoms with Crippen molar-refractivity contribution in [1.29, 1.82) is 0 Å². The highest BCUT2D eigenvalue weighted by molar-refractivity contribution is 6.62. The molecule has 0 fully saturated rings. The van der Waals surface area contributed by atoms with Crippen LogP contribution in [-0.4, -0.2) is 45.8 Å². The van der Waals surface area contributed by atoms with Crippen LogP contribution in [0, 0.1) is 6.92 Å². The molecule has 1 aliphatic heterocycles. The van der Waals surface area contributed by atoms with Gasteiger partial charge in [0.15, 0.2) is 0 Å². The van der Waals surface area contributed by atoms with Crippen molar-refractivity contribution in [3.8, 4) is 11.6 Å². The molecule has 2 aromatic rings. The monoisotopic (exact) mass is 371 g/mol. The van der Waals surface area contributed by atoms with E-state index in [9.17, 15) is 14.9 Å². The van der Waals surface area contributed by atoms with E-state index in [-0.39, 0.29) is 24.2 Å². The normalized spacial score (nSPS) is 14.0. The third-order valence-electron chi connectivity index (χ3n) is 4.47.